The van der Waals surface area contributed by atoms with Crippen molar-refractivity contribution in [3.63, 3.8) is 0 Å². The van der Waals surface area contributed by atoms with Crippen LogP contribution in [0.3, 0.4) is 0 Å². The predicted molar refractivity (Wildman–Crippen MR) is 164 cm³/mol. The van der Waals surface area contributed by atoms with Gasteiger partial charge in [0.15, 0.2) is 11.5 Å². The summed E-state index contributed by atoms with van der Waals surface area (Å²) >= 11 is 0. The molecule has 6 nitrogen and oxygen atoms in total. The Kier molecular flexibility index (Phi) is 6.00. The largest absolute Gasteiger partial charge is 0.507 e. The fraction of sp³-hybridized carbons (Fsp3) is 0.257. The normalized spacial score (nSPS) is 12.9. The van der Waals surface area contributed by atoms with Crippen molar-refractivity contribution in [2.45, 2.75) is 52.4 Å². The average molecular weight is 547 g/mol. The molecule has 1 aromatic heterocycles. The first-order valence-corrected chi connectivity index (χ1v) is 13.8. The van der Waals surface area contributed by atoms with E-state index in [0.29, 0.717) is 39.2 Å². The first-order chi connectivity index (χ1) is 19.4. The van der Waals surface area contributed by atoms with Gasteiger partial charge in [0.25, 0.3) is 0 Å². The molecule has 0 saturated carbocycles. The molecule has 5 aromatic rings. The minimum Gasteiger partial charge on any atom is -0.507 e. The Morgan fingerprint density at radius 1 is 0.829 bits per heavy atom. The molecule has 0 unspecified atom stereocenters. The van der Waals surface area contributed by atoms with Crippen LogP contribution in [-0.4, -0.2) is 23.2 Å². The SMILES string of the molecule is COc1ccc(Nc2cc(-c3cc(C(C)(C)C)c(O)c(C(C)(C)C)c3)c3noc4c3c2C(=O)c2ccccc2-4)cc1. The van der Waals surface area contributed by atoms with Gasteiger partial charge in [0.05, 0.1) is 23.7 Å². The third-order valence-electron chi connectivity index (χ3n) is 7.80. The van der Waals surface area contributed by atoms with Gasteiger partial charge in [0.2, 0.25) is 0 Å². The molecule has 0 radical (unpaired) electrons. The van der Waals surface area contributed by atoms with Crippen LogP contribution < -0.4 is 10.1 Å². The number of carbonyl (C=O) groups excluding carboxylic acids is 1. The lowest BCUT2D eigenvalue weighted by Crippen LogP contribution is -2.17. The van der Waals surface area contributed by atoms with E-state index in [2.05, 4.69) is 52.0 Å². The highest BCUT2D eigenvalue weighted by Gasteiger charge is 2.34. The van der Waals surface area contributed by atoms with Crippen molar-refractivity contribution in [2.75, 3.05) is 12.4 Å². The number of phenolic OH excluding ortho intramolecular Hbond substituents is 1. The second kappa shape index (κ2) is 9.23. The number of hydrogen-bond donors (Lipinski definition) is 2. The number of ether oxygens (including phenoxy) is 1. The maximum absolute atomic E-state index is 14.0. The van der Waals surface area contributed by atoms with E-state index in [1.807, 2.05) is 66.7 Å². The number of carbonyl (C=O) groups is 1. The molecule has 6 heteroatoms. The number of benzene rings is 4. The summed E-state index contributed by atoms with van der Waals surface area (Å²) in [5.41, 5.74) is 6.72. The lowest BCUT2D eigenvalue weighted by molar-refractivity contribution is 0.104. The van der Waals surface area contributed by atoms with Gasteiger partial charge in [-0.15, -0.1) is 0 Å². The highest BCUT2D eigenvalue weighted by atomic mass is 16.5. The number of ketones is 1. The van der Waals surface area contributed by atoms with Gasteiger partial charge in [-0.25, -0.2) is 0 Å². The van der Waals surface area contributed by atoms with Gasteiger partial charge in [-0.3, -0.25) is 4.79 Å². The summed E-state index contributed by atoms with van der Waals surface area (Å²) in [6.07, 6.45) is 0. The number of nitrogens with zero attached hydrogens (tertiary/aromatic N) is 1. The average Bonchev–Trinajstić information content (AvgIpc) is 3.36. The first kappa shape index (κ1) is 26.6. The fourth-order valence-corrected chi connectivity index (χ4v) is 5.64. The highest BCUT2D eigenvalue weighted by molar-refractivity contribution is 6.29. The van der Waals surface area contributed by atoms with Crippen LogP contribution in [0.4, 0.5) is 11.4 Å². The van der Waals surface area contributed by atoms with E-state index in [4.69, 9.17) is 9.26 Å². The summed E-state index contributed by atoms with van der Waals surface area (Å²) in [6, 6.07) is 21.1. The maximum atomic E-state index is 14.0. The van der Waals surface area contributed by atoms with Crippen LogP contribution in [-0.2, 0) is 10.8 Å². The molecule has 0 saturated heterocycles. The topological polar surface area (TPSA) is 84.6 Å². The maximum Gasteiger partial charge on any atom is 0.196 e. The number of aromatic hydroxyl groups is 1. The molecule has 1 aliphatic rings. The van der Waals surface area contributed by atoms with Crippen molar-refractivity contribution in [1.29, 1.82) is 0 Å². The van der Waals surface area contributed by atoms with Crippen molar-refractivity contribution < 1.29 is 19.2 Å². The summed E-state index contributed by atoms with van der Waals surface area (Å²) in [7, 11) is 1.63. The van der Waals surface area contributed by atoms with Crippen molar-refractivity contribution in [3.8, 4) is 33.9 Å². The Morgan fingerprint density at radius 2 is 1.44 bits per heavy atom. The quantitative estimate of drug-likeness (QED) is 0.230. The Morgan fingerprint density at radius 3 is 2.02 bits per heavy atom. The molecular formula is C35H34N2O4. The molecule has 6 rings (SSSR count). The fourth-order valence-electron chi connectivity index (χ4n) is 5.64. The predicted octanol–water partition coefficient (Wildman–Crippen LogP) is 8.76. The van der Waals surface area contributed by atoms with Crippen molar-refractivity contribution in [2.24, 2.45) is 0 Å². The molecule has 208 valence electrons. The summed E-state index contributed by atoms with van der Waals surface area (Å²) in [5, 5.41) is 20.1. The molecule has 41 heavy (non-hydrogen) atoms. The number of methoxy groups -OCH3 is 1. The molecule has 1 aliphatic carbocycles. The zero-order valence-electron chi connectivity index (χ0n) is 24.5. The van der Waals surface area contributed by atoms with Gasteiger partial charge in [0, 0.05) is 33.5 Å². The molecule has 1 heterocycles. The smallest absolute Gasteiger partial charge is 0.196 e. The van der Waals surface area contributed by atoms with E-state index in [1.165, 1.54) is 0 Å². The number of phenols is 1. The number of hydrogen-bond acceptors (Lipinski definition) is 6. The second-order valence-corrected chi connectivity index (χ2v) is 12.7. The van der Waals surface area contributed by atoms with E-state index in [1.54, 1.807) is 7.11 Å². The molecule has 0 spiro atoms. The monoisotopic (exact) mass is 546 g/mol. The second-order valence-electron chi connectivity index (χ2n) is 12.7. The highest BCUT2D eigenvalue weighted by Crippen LogP contribution is 2.48. The number of fused-ring (bicyclic) bond motifs is 2. The molecule has 0 bridgehead atoms. The zero-order valence-corrected chi connectivity index (χ0v) is 24.5. The Labute approximate surface area is 240 Å². The minimum atomic E-state index is -0.307. The summed E-state index contributed by atoms with van der Waals surface area (Å²) in [6.45, 7) is 12.6. The van der Waals surface area contributed by atoms with E-state index >= 15 is 0 Å². The molecule has 0 amide bonds. The number of nitrogens with one attached hydrogen (secondary N) is 1. The molecule has 4 aromatic carbocycles. The minimum absolute atomic E-state index is 0.0830. The van der Waals surface area contributed by atoms with Gasteiger partial charge in [-0.05, 0) is 58.9 Å². The Balaban J connectivity index is 1.67. The molecular weight excluding hydrogens is 512 g/mol. The lowest BCUT2D eigenvalue weighted by atomic mass is 9.77. The van der Waals surface area contributed by atoms with Crippen molar-refractivity contribution >= 4 is 28.1 Å². The number of aromatic nitrogens is 1. The van der Waals surface area contributed by atoms with Gasteiger partial charge >= 0.3 is 0 Å². The third kappa shape index (κ3) is 4.34. The van der Waals surface area contributed by atoms with Crippen LogP contribution >= 0.6 is 0 Å². The first-order valence-electron chi connectivity index (χ1n) is 13.8. The van der Waals surface area contributed by atoms with Gasteiger partial charge in [-0.2, -0.15) is 0 Å². The summed E-state index contributed by atoms with van der Waals surface area (Å²) in [4.78, 5) is 14.0. The molecule has 0 aliphatic heterocycles. The Hall–Kier alpha value is -4.58. The number of anilines is 2. The van der Waals surface area contributed by atoms with Crippen LogP contribution in [0.5, 0.6) is 11.5 Å². The zero-order chi connectivity index (χ0) is 29.3. The molecule has 0 fully saturated rings. The summed E-state index contributed by atoms with van der Waals surface area (Å²) < 4.78 is 11.3. The van der Waals surface area contributed by atoms with Crippen LogP contribution in [0, 0.1) is 0 Å². The molecule has 0 atom stereocenters. The molecule has 2 N–H and O–H groups in total. The van der Waals surface area contributed by atoms with Crippen LogP contribution in [0.25, 0.3) is 33.4 Å². The Bertz CT molecular complexity index is 1800. The standard InChI is InChI=1S/C35H34N2O4/c1-34(2,3)25-16-19(17-26(32(25)39)35(4,5)6)24-18-27(36-20-12-14-21(40-7)15-13-20)28-29-30(24)37-41-33(29)23-11-9-8-10-22(23)31(28)38/h8-18,36,39H,1-7H3. The van der Waals surface area contributed by atoms with Gasteiger partial charge in [0.1, 0.15) is 17.0 Å². The van der Waals surface area contributed by atoms with E-state index in [0.717, 1.165) is 39.3 Å². The van der Waals surface area contributed by atoms with Crippen LogP contribution in [0.2, 0.25) is 0 Å². The van der Waals surface area contributed by atoms with Crippen molar-refractivity contribution in [3.05, 3.63) is 89.0 Å². The van der Waals surface area contributed by atoms with E-state index in [-0.39, 0.29) is 16.6 Å². The van der Waals surface area contributed by atoms with Gasteiger partial charge in [-0.1, -0.05) is 71.0 Å². The number of rotatable bonds is 4. The van der Waals surface area contributed by atoms with Crippen molar-refractivity contribution in [1.82, 2.24) is 5.16 Å². The third-order valence-corrected chi connectivity index (χ3v) is 7.80. The summed E-state index contributed by atoms with van der Waals surface area (Å²) in [5.74, 6) is 1.55. The van der Waals surface area contributed by atoms with Gasteiger partial charge < -0.3 is 19.7 Å². The lowest BCUT2D eigenvalue weighted by Gasteiger charge is -2.28. The van der Waals surface area contributed by atoms with E-state index in [9.17, 15) is 9.90 Å². The van der Waals surface area contributed by atoms with Crippen LogP contribution in [0.1, 0.15) is 68.6 Å². The van der Waals surface area contributed by atoms with E-state index < -0.39 is 0 Å². The van der Waals surface area contributed by atoms with Crippen LogP contribution in [0.15, 0.2) is 71.3 Å².